The molecule has 0 saturated carbocycles. The topological polar surface area (TPSA) is 113 Å². The van der Waals surface area contributed by atoms with Crippen LogP contribution in [0.1, 0.15) is 22.8 Å². The predicted octanol–water partition coefficient (Wildman–Crippen LogP) is 0.806. The lowest BCUT2D eigenvalue weighted by Crippen LogP contribution is -2.49. The smallest absolute Gasteiger partial charge is 0.318 e. The summed E-state index contributed by atoms with van der Waals surface area (Å²) in [5, 5.41) is 3.15. The van der Waals surface area contributed by atoms with Crippen LogP contribution in [0.5, 0.6) is 0 Å². The maximum atomic E-state index is 12.8. The van der Waals surface area contributed by atoms with Crippen molar-refractivity contribution in [3.63, 3.8) is 0 Å². The highest BCUT2D eigenvalue weighted by atomic mass is 16.2. The Morgan fingerprint density at radius 1 is 1.07 bits per heavy atom. The zero-order chi connectivity index (χ0) is 19.9. The van der Waals surface area contributed by atoms with E-state index in [2.05, 4.69) is 15.7 Å². The van der Waals surface area contributed by atoms with Crippen molar-refractivity contribution in [3.8, 4) is 0 Å². The van der Waals surface area contributed by atoms with Crippen molar-refractivity contribution in [2.75, 3.05) is 0 Å². The van der Waals surface area contributed by atoms with E-state index in [1.807, 2.05) is 0 Å². The Balaban J connectivity index is 1.64. The van der Waals surface area contributed by atoms with Crippen molar-refractivity contribution in [1.82, 2.24) is 25.1 Å². The van der Waals surface area contributed by atoms with Gasteiger partial charge in [-0.25, -0.2) is 9.78 Å². The zero-order valence-electron chi connectivity index (χ0n) is 14.7. The van der Waals surface area contributed by atoms with E-state index in [4.69, 9.17) is 0 Å². The monoisotopic (exact) mass is 377 g/mol. The molecule has 3 heterocycles. The molecular weight excluding hydrogens is 362 g/mol. The Morgan fingerprint density at radius 3 is 2.54 bits per heavy atom. The van der Waals surface area contributed by atoms with Crippen molar-refractivity contribution < 1.29 is 14.4 Å². The van der Waals surface area contributed by atoms with Gasteiger partial charge < -0.3 is 5.32 Å². The molecule has 28 heavy (non-hydrogen) atoms. The second-order valence-corrected chi connectivity index (χ2v) is 6.41. The molecule has 1 aliphatic rings. The number of hydrazine groups is 1. The van der Waals surface area contributed by atoms with Crippen LogP contribution < -0.4 is 16.3 Å². The summed E-state index contributed by atoms with van der Waals surface area (Å²) in [5.74, 6) is -1.57. The molecule has 4 rings (SSSR count). The molecule has 1 aromatic carbocycles. The third-order valence-corrected chi connectivity index (χ3v) is 4.61. The van der Waals surface area contributed by atoms with Gasteiger partial charge in [0.1, 0.15) is 16.7 Å². The molecule has 0 aliphatic carbocycles. The van der Waals surface area contributed by atoms with Crippen molar-refractivity contribution in [2.45, 2.75) is 12.5 Å². The molecule has 1 atom stereocenters. The van der Waals surface area contributed by atoms with E-state index in [-0.39, 0.29) is 5.56 Å². The third kappa shape index (κ3) is 2.60. The molecule has 4 amide bonds. The molecule has 0 radical (unpaired) electrons. The first-order valence-electron chi connectivity index (χ1n) is 8.41. The summed E-state index contributed by atoms with van der Waals surface area (Å²) in [5.41, 5.74) is 0.908. The minimum atomic E-state index is -1.33. The Bertz CT molecular complexity index is 1170. The fourth-order valence-electron chi connectivity index (χ4n) is 3.05. The van der Waals surface area contributed by atoms with Crippen LogP contribution in [0.3, 0.4) is 0 Å². The number of carbonyl (C=O) groups is 3. The van der Waals surface area contributed by atoms with Gasteiger partial charge >= 0.3 is 6.03 Å². The number of benzene rings is 1. The van der Waals surface area contributed by atoms with Crippen LogP contribution in [-0.4, -0.2) is 32.2 Å². The second-order valence-electron chi connectivity index (χ2n) is 6.41. The molecule has 2 aromatic heterocycles. The Morgan fingerprint density at radius 2 is 1.79 bits per heavy atom. The highest BCUT2D eigenvalue weighted by molar-refractivity contribution is 6.09. The van der Waals surface area contributed by atoms with Crippen molar-refractivity contribution in [3.05, 3.63) is 82.4 Å². The molecule has 2 N–H and O–H groups in total. The average Bonchev–Trinajstić information content (AvgIpc) is 2.93. The second kappa shape index (κ2) is 6.31. The summed E-state index contributed by atoms with van der Waals surface area (Å²) < 4.78 is 1.20. The normalized spacial score (nSPS) is 19.0. The van der Waals surface area contributed by atoms with Crippen molar-refractivity contribution >= 4 is 23.5 Å². The summed E-state index contributed by atoms with van der Waals surface area (Å²) >= 11 is 0. The minimum Gasteiger partial charge on any atom is -0.318 e. The first kappa shape index (κ1) is 17.4. The number of hydrogen-bond donors (Lipinski definition) is 2. The maximum absolute atomic E-state index is 12.8. The Hall–Kier alpha value is -4.01. The quantitative estimate of drug-likeness (QED) is 0.656. The molecule has 0 bridgehead atoms. The largest absolute Gasteiger partial charge is 0.344 e. The fourth-order valence-corrected chi connectivity index (χ4v) is 3.05. The molecule has 3 aromatic rings. The molecule has 1 fully saturated rings. The number of pyridine rings is 1. The van der Waals surface area contributed by atoms with Gasteiger partial charge in [0.15, 0.2) is 0 Å². The fraction of sp³-hybridized carbons (Fsp3) is 0.105. The number of nitrogens with zero attached hydrogens (tertiary/aromatic N) is 3. The number of imide groups is 1. The molecule has 1 aliphatic heterocycles. The van der Waals surface area contributed by atoms with Gasteiger partial charge in [0, 0.05) is 12.4 Å². The van der Waals surface area contributed by atoms with Crippen LogP contribution in [0.4, 0.5) is 4.79 Å². The number of aromatic nitrogens is 2. The van der Waals surface area contributed by atoms with Crippen LogP contribution in [0, 0.1) is 0 Å². The summed E-state index contributed by atoms with van der Waals surface area (Å²) in [6.45, 7) is 1.54. The van der Waals surface area contributed by atoms with Gasteiger partial charge in [0.25, 0.3) is 17.4 Å². The van der Waals surface area contributed by atoms with E-state index >= 15 is 0 Å². The molecule has 0 spiro atoms. The van der Waals surface area contributed by atoms with Gasteiger partial charge in [-0.05, 0) is 24.6 Å². The first-order chi connectivity index (χ1) is 13.4. The molecule has 9 nitrogen and oxygen atoms in total. The zero-order valence-corrected chi connectivity index (χ0v) is 14.7. The van der Waals surface area contributed by atoms with Crippen LogP contribution in [0.25, 0.3) is 5.65 Å². The summed E-state index contributed by atoms with van der Waals surface area (Å²) in [6.07, 6.45) is 2.59. The lowest BCUT2D eigenvalue weighted by atomic mass is 9.92. The number of rotatable bonds is 3. The van der Waals surface area contributed by atoms with Gasteiger partial charge in [-0.15, -0.1) is 0 Å². The predicted molar refractivity (Wildman–Crippen MR) is 98.1 cm³/mol. The SMILES string of the molecule is C[C@]1(c2ccccc2)NC(=O)N(NC(=O)c2cnc3ccccn3c2=O)C1=O. The summed E-state index contributed by atoms with van der Waals surface area (Å²) in [6, 6.07) is 12.8. The van der Waals surface area contributed by atoms with E-state index in [1.165, 1.54) is 10.6 Å². The van der Waals surface area contributed by atoms with Crippen molar-refractivity contribution in [2.24, 2.45) is 0 Å². The molecule has 140 valence electrons. The number of carbonyl (C=O) groups excluding carboxylic acids is 3. The highest BCUT2D eigenvalue weighted by Crippen LogP contribution is 2.27. The maximum Gasteiger partial charge on any atom is 0.344 e. The molecule has 9 heteroatoms. The minimum absolute atomic E-state index is 0.294. The van der Waals surface area contributed by atoms with Gasteiger partial charge in [-0.1, -0.05) is 36.4 Å². The number of fused-ring (bicyclic) bond motifs is 1. The molecular formula is C19H15N5O4. The van der Waals surface area contributed by atoms with E-state index in [1.54, 1.807) is 55.5 Å². The van der Waals surface area contributed by atoms with Crippen molar-refractivity contribution in [1.29, 1.82) is 0 Å². The highest BCUT2D eigenvalue weighted by Gasteiger charge is 2.50. The standard InChI is InChI=1S/C19H15N5O4/c1-19(12-7-3-2-4-8-12)17(27)24(18(28)21-19)22-15(25)13-11-20-14-9-5-6-10-23(14)16(13)26/h2-11H,1H3,(H,21,28)(H,22,25)/t19-/m1/s1. The lowest BCUT2D eigenvalue weighted by molar-refractivity contribution is -0.132. The first-order valence-corrected chi connectivity index (χ1v) is 8.41. The van der Waals surface area contributed by atoms with E-state index in [0.717, 1.165) is 6.20 Å². The lowest BCUT2D eigenvalue weighted by Gasteiger charge is -2.22. The van der Waals surface area contributed by atoms with Crippen LogP contribution in [0.2, 0.25) is 0 Å². The van der Waals surface area contributed by atoms with Crippen LogP contribution >= 0.6 is 0 Å². The average molecular weight is 377 g/mol. The van der Waals surface area contributed by atoms with Gasteiger partial charge in [-0.2, -0.15) is 5.01 Å². The van der Waals surface area contributed by atoms with E-state index in [9.17, 15) is 19.2 Å². The Labute approximate surface area is 158 Å². The third-order valence-electron chi connectivity index (χ3n) is 4.61. The number of hydrogen-bond acceptors (Lipinski definition) is 5. The molecule has 0 unspecified atom stereocenters. The van der Waals surface area contributed by atoms with E-state index in [0.29, 0.717) is 16.2 Å². The number of nitrogens with one attached hydrogen (secondary N) is 2. The van der Waals surface area contributed by atoms with Crippen LogP contribution in [-0.2, 0) is 10.3 Å². The Kier molecular flexibility index (Phi) is 3.92. The number of amides is 4. The summed E-state index contributed by atoms with van der Waals surface area (Å²) in [7, 11) is 0. The van der Waals surface area contributed by atoms with E-state index < -0.39 is 28.9 Å². The molecule has 1 saturated heterocycles. The summed E-state index contributed by atoms with van der Waals surface area (Å²) in [4.78, 5) is 54.3. The van der Waals surface area contributed by atoms with Gasteiger partial charge in [0.2, 0.25) is 0 Å². The van der Waals surface area contributed by atoms with Crippen LogP contribution in [0.15, 0.2) is 65.7 Å². The van der Waals surface area contributed by atoms with Gasteiger partial charge in [0.05, 0.1) is 0 Å². The number of urea groups is 1. The van der Waals surface area contributed by atoms with Gasteiger partial charge in [-0.3, -0.25) is 24.2 Å².